The van der Waals surface area contributed by atoms with Crippen LogP contribution in [0.4, 0.5) is 10.2 Å². The van der Waals surface area contributed by atoms with Gasteiger partial charge in [0, 0.05) is 23.9 Å². The Balaban J connectivity index is 2.05. The highest BCUT2D eigenvalue weighted by Gasteiger charge is 2.35. The lowest BCUT2D eigenvalue weighted by atomic mass is 9.93. The summed E-state index contributed by atoms with van der Waals surface area (Å²) in [6.45, 7) is 8.33. The number of nitrogens with one attached hydrogen (secondary N) is 2. The highest BCUT2D eigenvalue weighted by Crippen LogP contribution is 2.33. The summed E-state index contributed by atoms with van der Waals surface area (Å²) in [6.07, 6.45) is 0. The average molecular weight is 402 g/mol. The number of carbonyl (C=O) groups excluding carboxylic acids is 1. The Morgan fingerprint density at radius 2 is 2.11 bits per heavy atom. The number of allylic oxidation sites excluding steroid dienone is 1. The second-order valence-corrected chi connectivity index (χ2v) is 7.57. The molecule has 6 nitrogen and oxygen atoms in total. The zero-order chi connectivity index (χ0) is 20.4. The molecule has 1 aromatic carbocycles. The van der Waals surface area contributed by atoms with Gasteiger partial charge in [-0.05, 0) is 38.0 Å². The second kappa shape index (κ2) is 8.10. The second-order valence-electron chi connectivity index (χ2n) is 7.18. The number of aryl methyl sites for hydroxylation is 1. The standard InChI is InChI=1S/C20H23FN4O2S/c1-11(2)10-25-13(4)17(19(26)22-16-9-12(3)27-24-16)18(23-20(25)28)14-7-5-6-8-15(14)21/h5-9,11,18H,10H2,1-4H3,(H,23,28)(H,22,24,26)/t18-/m0/s1. The van der Waals surface area contributed by atoms with E-state index in [1.165, 1.54) is 6.07 Å². The van der Waals surface area contributed by atoms with E-state index < -0.39 is 11.9 Å². The number of nitrogens with zero attached hydrogens (tertiary/aromatic N) is 2. The number of thiocarbonyl (C=S) groups is 1. The van der Waals surface area contributed by atoms with Gasteiger partial charge in [0.05, 0.1) is 11.6 Å². The first-order valence-electron chi connectivity index (χ1n) is 9.05. The van der Waals surface area contributed by atoms with Gasteiger partial charge in [-0.2, -0.15) is 0 Å². The molecule has 1 aromatic heterocycles. The van der Waals surface area contributed by atoms with Crippen molar-refractivity contribution in [1.82, 2.24) is 15.4 Å². The van der Waals surface area contributed by atoms with Crippen LogP contribution in [0.1, 0.15) is 38.1 Å². The molecule has 28 heavy (non-hydrogen) atoms. The van der Waals surface area contributed by atoms with E-state index in [-0.39, 0.29) is 5.91 Å². The molecule has 1 amide bonds. The quantitative estimate of drug-likeness (QED) is 0.739. The van der Waals surface area contributed by atoms with Crippen molar-refractivity contribution in [3.63, 3.8) is 0 Å². The number of halogens is 1. The molecule has 2 heterocycles. The lowest BCUT2D eigenvalue weighted by Gasteiger charge is -2.38. The van der Waals surface area contributed by atoms with E-state index in [1.54, 1.807) is 31.2 Å². The fourth-order valence-corrected chi connectivity index (χ4v) is 3.54. The number of anilines is 1. The van der Waals surface area contributed by atoms with Crippen LogP contribution in [0.15, 0.2) is 46.1 Å². The van der Waals surface area contributed by atoms with Crippen molar-refractivity contribution in [2.45, 2.75) is 33.7 Å². The molecular weight excluding hydrogens is 379 g/mol. The molecule has 0 bridgehead atoms. The highest BCUT2D eigenvalue weighted by molar-refractivity contribution is 7.80. The molecule has 148 valence electrons. The van der Waals surface area contributed by atoms with Crippen molar-refractivity contribution in [2.24, 2.45) is 5.92 Å². The predicted octanol–water partition coefficient (Wildman–Crippen LogP) is 3.92. The zero-order valence-electron chi connectivity index (χ0n) is 16.2. The van der Waals surface area contributed by atoms with Gasteiger partial charge < -0.3 is 20.1 Å². The van der Waals surface area contributed by atoms with Crippen molar-refractivity contribution in [1.29, 1.82) is 0 Å². The number of aromatic nitrogens is 1. The molecule has 1 aliphatic heterocycles. The summed E-state index contributed by atoms with van der Waals surface area (Å²) < 4.78 is 19.5. The third-order valence-corrected chi connectivity index (χ3v) is 4.81. The first-order chi connectivity index (χ1) is 13.3. The Labute approximate surface area is 168 Å². The molecule has 3 rings (SSSR count). The largest absolute Gasteiger partial charge is 0.360 e. The maximum absolute atomic E-state index is 14.5. The fraction of sp³-hybridized carbons (Fsp3) is 0.350. The van der Waals surface area contributed by atoms with Gasteiger partial charge in [0.15, 0.2) is 10.9 Å². The molecule has 0 fully saturated rings. The summed E-state index contributed by atoms with van der Waals surface area (Å²) in [7, 11) is 0. The van der Waals surface area contributed by atoms with Crippen LogP contribution in [0.25, 0.3) is 0 Å². The van der Waals surface area contributed by atoms with Gasteiger partial charge in [-0.3, -0.25) is 4.79 Å². The molecule has 0 saturated heterocycles. The number of hydrogen-bond acceptors (Lipinski definition) is 4. The summed E-state index contributed by atoms with van der Waals surface area (Å²) in [5.41, 5.74) is 1.43. The van der Waals surface area contributed by atoms with Crippen LogP contribution in [-0.2, 0) is 4.79 Å². The third kappa shape index (κ3) is 4.06. The van der Waals surface area contributed by atoms with Crippen molar-refractivity contribution in [3.05, 3.63) is 58.7 Å². The van der Waals surface area contributed by atoms with Gasteiger partial charge in [0.1, 0.15) is 11.6 Å². The number of hydrogen-bond donors (Lipinski definition) is 2. The van der Waals surface area contributed by atoms with Gasteiger partial charge in [-0.1, -0.05) is 37.2 Å². The van der Waals surface area contributed by atoms with Crippen molar-refractivity contribution < 1.29 is 13.7 Å². The Morgan fingerprint density at radius 1 is 1.39 bits per heavy atom. The SMILES string of the molecule is CC1=C(C(=O)Nc2cc(C)on2)[C@H](c2ccccc2F)NC(=S)N1CC(C)C. The van der Waals surface area contributed by atoms with Crippen LogP contribution in [0.2, 0.25) is 0 Å². The summed E-state index contributed by atoms with van der Waals surface area (Å²) in [6, 6.07) is 7.28. The van der Waals surface area contributed by atoms with E-state index in [0.717, 1.165) is 0 Å². The molecule has 8 heteroatoms. The van der Waals surface area contributed by atoms with E-state index in [9.17, 15) is 9.18 Å². The summed E-state index contributed by atoms with van der Waals surface area (Å²) in [5.74, 6) is 0.412. The van der Waals surface area contributed by atoms with Crippen LogP contribution < -0.4 is 10.6 Å². The topological polar surface area (TPSA) is 70.4 Å². The number of carbonyl (C=O) groups is 1. The molecule has 1 atom stereocenters. The van der Waals surface area contributed by atoms with Crippen molar-refractivity contribution in [3.8, 4) is 0 Å². The lowest BCUT2D eigenvalue weighted by Crippen LogP contribution is -2.49. The molecule has 0 spiro atoms. The van der Waals surface area contributed by atoms with E-state index in [0.29, 0.717) is 46.0 Å². The molecule has 0 saturated carbocycles. The summed E-state index contributed by atoms with van der Waals surface area (Å²) in [4.78, 5) is 15.0. The molecular formula is C20H23FN4O2S. The Bertz CT molecular complexity index is 938. The number of benzene rings is 1. The predicted molar refractivity (Wildman–Crippen MR) is 109 cm³/mol. The van der Waals surface area contributed by atoms with Gasteiger partial charge in [-0.15, -0.1) is 0 Å². The summed E-state index contributed by atoms with van der Waals surface area (Å²) >= 11 is 5.51. The van der Waals surface area contributed by atoms with E-state index >= 15 is 0 Å². The van der Waals surface area contributed by atoms with E-state index in [2.05, 4.69) is 29.6 Å². The maximum Gasteiger partial charge on any atom is 0.257 e. The third-order valence-electron chi connectivity index (χ3n) is 4.47. The molecule has 2 N–H and O–H groups in total. The van der Waals surface area contributed by atoms with Crippen LogP contribution in [0.3, 0.4) is 0 Å². The van der Waals surface area contributed by atoms with Gasteiger partial charge >= 0.3 is 0 Å². The van der Waals surface area contributed by atoms with E-state index in [1.807, 2.05) is 11.8 Å². The van der Waals surface area contributed by atoms with Crippen LogP contribution in [0, 0.1) is 18.7 Å². The minimum atomic E-state index is -0.704. The monoisotopic (exact) mass is 402 g/mol. The smallest absolute Gasteiger partial charge is 0.257 e. The lowest BCUT2D eigenvalue weighted by molar-refractivity contribution is -0.113. The minimum absolute atomic E-state index is 0.304. The molecule has 0 unspecified atom stereocenters. The Kier molecular flexibility index (Phi) is 5.79. The van der Waals surface area contributed by atoms with Crippen LogP contribution in [-0.4, -0.2) is 27.6 Å². The number of rotatable bonds is 5. The van der Waals surface area contributed by atoms with E-state index in [4.69, 9.17) is 16.7 Å². The minimum Gasteiger partial charge on any atom is -0.360 e. The first-order valence-corrected chi connectivity index (χ1v) is 9.46. The zero-order valence-corrected chi connectivity index (χ0v) is 17.1. The van der Waals surface area contributed by atoms with Crippen molar-refractivity contribution >= 4 is 29.1 Å². The van der Waals surface area contributed by atoms with Gasteiger partial charge in [0.2, 0.25) is 0 Å². The molecule has 0 aliphatic carbocycles. The highest BCUT2D eigenvalue weighted by atomic mass is 32.1. The Hall–Kier alpha value is -2.74. The van der Waals surface area contributed by atoms with Crippen molar-refractivity contribution in [2.75, 3.05) is 11.9 Å². The van der Waals surface area contributed by atoms with Gasteiger partial charge in [-0.25, -0.2) is 4.39 Å². The molecule has 2 aromatic rings. The first kappa shape index (κ1) is 20.0. The average Bonchev–Trinajstić information content (AvgIpc) is 3.03. The number of amides is 1. The maximum atomic E-state index is 14.5. The van der Waals surface area contributed by atoms with Crippen LogP contribution >= 0.6 is 12.2 Å². The normalized spacial score (nSPS) is 17.1. The molecule has 0 radical (unpaired) electrons. The van der Waals surface area contributed by atoms with Crippen LogP contribution in [0.5, 0.6) is 0 Å². The Morgan fingerprint density at radius 3 is 2.71 bits per heavy atom. The summed E-state index contributed by atoms with van der Waals surface area (Å²) in [5, 5.41) is 10.1. The fourth-order valence-electron chi connectivity index (χ4n) is 3.21. The molecule has 1 aliphatic rings. The van der Waals surface area contributed by atoms with Gasteiger partial charge in [0.25, 0.3) is 5.91 Å².